The summed E-state index contributed by atoms with van der Waals surface area (Å²) in [6.45, 7) is 9.49. The predicted octanol–water partition coefficient (Wildman–Crippen LogP) is 3.01. The van der Waals surface area contributed by atoms with E-state index in [4.69, 9.17) is 4.74 Å². The first-order chi connectivity index (χ1) is 11.3. The van der Waals surface area contributed by atoms with Crippen LogP contribution in [0.4, 0.5) is 9.59 Å². The van der Waals surface area contributed by atoms with E-state index in [1.807, 2.05) is 58.0 Å². The Balaban J connectivity index is 1.81. The van der Waals surface area contributed by atoms with Crippen LogP contribution in [0.5, 0.6) is 0 Å². The maximum absolute atomic E-state index is 12.4. The van der Waals surface area contributed by atoms with Crippen LogP contribution in [0.15, 0.2) is 30.3 Å². The minimum absolute atomic E-state index is 0.0532. The predicted molar refractivity (Wildman–Crippen MR) is 92.8 cm³/mol. The van der Waals surface area contributed by atoms with Gasteiger partial charge in [-0.15, -0.1) is 0 Å². The molecule has 24 heavy (non-hydrogen) atoms. The second-order valence-electron chi connectivity index (χ2n) is 7.04. The summed E-state index contributed by atoms with van der Waals surface area (Å²) >= 11 is 0. The fourth-order valence-electron chi connectivity index (χ4n) is 2.52. The molecule has 6 heteroatoms. The van der Waals surface area contributed by atoms with Gasteiger partial charge in [0.1, 0.15) is 5.60 Å². The van der Waals surface area contributed by atoms with Gasteiger partial charge in [0.25, 0.3) is 0 Å². The molecule has 0 aromatic heterocycles. The molecule has 1 aliphatic heterocycles. The van der Waals surface area contributed by atoms with Crippen LogP contribution in [0.1, 0.15) is 39.3 Å². The Hall–Kier alpha value is -2.24. The average Bonchev–Trinajstić information content (AvgIpc) is 2.54. The number of piperazine rings is 1. The van der Waals surface area contributed by atoms with Gasteiger partial charge in [-0.2, -0.15) is 0 Å². The zero-order chi connectivity index (χ0) is 17.7. The Labute approximate surface area is 143 Å². The SMILES string of the molecule is CC(NC(=O)N1CCN(C(=O)OC(C)(C)C)CC1)c1ccccc1. The summed E-state index contributed by atoms with van der Waals surface area (Å²) in [5.41, 5.74) is 0.565. The highest BCUT2D eigenvalue weighted by atomic mass is 16.6. The van der Waals surface area contributed by atoms with E-state index in [1.165, 1.54) is 0 Å². The summed E-state index contributed by atoms with van der Waals surface area (Å²) in [6, 6.07) is 9.69. The van der Waals surface area contributed by atoms with Crippen molar-refractivity contribution in [2.24, 2.45) is 0 Å². The molecule has 6 nitrogen and oxygen atoms in total. The topological polar surface area (TPSA) is 61.9 Å². The number of amides is 3. The van der Waals surface area contributed by atoms with Crippen molar-refractivity contribution < 1.29 is 14.3 Å². The van der Waals surface area contributed by atoms with Crippen molar-refractivity contribution >= 4 is 12.1 Å². The van der Waals surface area contributed by atoms with Gasteiger partial charge in [0.15, 0.2) is 0 Å². The third-order valence-corrected chi connectivity index (χ3v) is 3.86. The molecule has 1 aromatic carbocycles. The molecule has 0 spiro atoms. The number of nitrogens with zero attached hydrogens (tertiary/aromatic N) is 2. The molecule has 1 N–H and O–H groups in total. The maximum atomic E-state index is 12.4. The van der Waals surface area contributed by atoms with Crippen LogP contribution in [0, 0.1) is 0 Å². The van der Waals surface area contributed by atoms with Crippen molar-refractivity contribution in [3.05, 3.63) is 35.9 Å². The molecule has 2 rings (SSSR count). The maximum Gasteiger partial charge on any atom is 0.410 e. The molecule has 132 valence electrons. The molecular formula is C18H27N3O3. The van der Waals surface area contributed by atoms with E-state index in [0.717, 1.165) is 5.56 Å². The largest absolute Gasteiger partial charge is 0.444 e. The molecule has 3 amide bonds. The quantitative estimate of drug-likeness (QED) is 0.905. The van der Waals surface area contributed by atoms with Crippen LogP contribution in [-0.4, -0.2) is 53.7 Å². The molecule has 1 heterocycles. The summed E-state index contributed by atoms with van der Waals surface area (Å²) in [4.78, 5) is 27.8. The zero-order valence-electron chi connectivity index (χ0n) is 14.9. The van der Waals surface area contributed by atoms with E-state index in [9.17, 15) is 9.59 Å². The van der Waals surface area contributed by atoms with Crippen LogP contribution in [0.2, 0.25) is 0 Å². The van der Waals surface area contributed by atoms with Crippen LogP contribution in [-0.2, 0) is 4.74 Å². The van der Waals surface area contributed by atoms with Crippen LogP contribution >= 0.6 is 0 Å². The van der Waals surface area contributed by atoms with Gasteiger partial charge in [-0.05, 0) is 33.3 Å². The van der Waals surface area contributed by atoms with Gasteiger partial charge in [0.2, 0.25) is 0 Å². The molecule has 0 bridgehead atoms. The third-order valence-electron chi connectivity index (χ3n) is 3.86. The minimum atomic E-state index is -0.503. The smallest absolute Gasteiger partial charge is 0.410 e. The van der Waals surface area contributed by atoms with E-state index >= 15 is 0 Å². The van der Waals surface area contributed by atoms with Gasteiger partial charge in [0.05, 0.1) is 6.04 Å². The molecule has 0 radical (unpaired) electrons. The van der Waals surface area contributed by atoms with Gasteiger partial charge in [0, 0.05) is 26.2 Å². The molecule has 1 aliphatic rings. The van der Waals surface area contributed by atoms with Crippen molar-refractivity contribution in [2.45, 2.75) is 39.3 Å². The summed E-state index contributed by atoms with van der Waals surface area (Å²) in [6.07, 6.45) is -0.319. The number of hydrogen-bond donors (Lipinski definition) is 1. The lowest BCUT2D eigenvalue weighted by Gasteiger charge is -2.36. The fraction of sp³-hybridized carbons (Fsp3) is 0.556. The standard InChI is InChI=1S/C18H27N3O3/c1-14(15-8-6-5-7-9-15)19-16(22)20-10-12-21(13-11-20)17(23)24-18(2,3)4/h5-9,14H,10-13H2,1-4H3,(H,19,22). The Bertz CT molecular complexity index is 561. The average molecular weight is 333 g/mol. The molecule has 1 saturated heterocycles. The van der Waals surface area contributed by atoms with Crippen molar-refractivity contribution in [3.8, 4) is 0 Å². The van der Waals surface area contributed by atoms with Gasteiger partial charge in [-0.3, -0.25) is 0 Å². The monoisotopic (exact) mass is 333 g/mol. The summed E-state index contributed by atoms with van der Waals surface area (Å²) in [5, 5.41) is 3.00. The van der Waals surface area contributed by atoms with Gasteiger partial charge in [-0.1, -0.05) is 30.3 Å². The molecule has 1 fully saturated rings. The number of ether oxygens (including phenoxy) is 1. The van der Waals surface area contributed by atoms with E-state index in [2.05, 4.69) is 5.32 Å². The normalized spacial score (nSPS) is 16.5. The first kappa shape index (κ1) is 18.1. The van der Waals surface area contributed by atoms with Crippen molar-refractivity contribution in [1.82, 2.24) is 15.1 Å². The molecule has 0 saturated carbocycles. The Kier molecular flexibility index (Phi) is 5.70. The molecule has 1 aromatic rings. The zero-order valence-corrected chi connectivity index (χ0v) is 14.9. The van der Waals surface area contributed by atoms with Crippen molar-refractivity contribution in [2.75, 3.05) is 26.2 Å². The van der Waals surface area contributed by atoms with E-state index in [0.29, 0.717) is 26.2 Å². The number of hydrogen-bond acceptors (Lipinski definition) is 3. The third kappa shape index (κ3) is 5.15. The second-order valence-corrected chi connectivity index (χ2v) is 7.04. The molecular weight excluding hydrogens is 306 g/mol. The van der Waals surface area contributed by atoms with Gasteiger partial charge < -0.3 is 19.9 Å². The number of nitrogens with one attached hydrogen (secondary N) is 1. The van der Waals surface area contributed by atoms with Gasteiger partial charge >= 0.3 is 12.1 Å². The second kappa shape index (κ2) is 7.55. The van der Waals surface area contributed by atoms with Crippen LogP contribution in [0.25, 0.3) is 0 Å². The first-order valence-electron chi connectivity index (χ1n) is 8.34. The van der Waals surface area contributed by atoms with Crippen molar-refractivity contribution in [1.29, 1.82) is 0 Å². The Morgan fingerprint density at radius 3 is 2.12 bits per heavy atom. The van der Waals surface area contributed by atoms with E-state index in [1.54, 1.807) is 9.80 Å². The van der Waals surface area contributed by atoms with Gasteiger partial charge in [-0.25, -0.2) is 9.59 Å². The first-order valence-corrected chi connectivity index (χ1v) is 8.34. The lowest BCUT2D eigenvalue weighted by atomic mass is 10.1. The number of rotatable bonds is 2. The molecule has 0 aliphatic carbocycles. The summed E-state index contributed by atoms with van der Waals surface area (Å²) in [7, 11) is 0. The highest BCUT2D eigenvalue weighted by Gasteiger charge is 2.28. The fourth-order valence-corrected chi connectivity index (χ4v) is 2.52. The van der Waals surface area contributed by atoms with E-state index < -0.39 is 5.60 Å². The summed E-state index contributed by atoms with van der Waals surface area (Å²) in [5.74, 6) is 0. The Morgan fingerprint density at radius 2 is 1.58 bits per heavy atom. The van der Waals surface area contributed by atoms with Crippen LogP contribution < -0.4 is 5.32 Å². The molecule has 1 atom stereocenters. The number of benzene rings is 1. The lowest BCUT2D eigenvalue weighted by molar-refractivity contribution is 0.0169. The minimum Gasteiger partial charge on any atom is -0.444 e. The lowest BCUT2D eigenvalue weighted by Crippen LogP contribution is -2.54. The highest BCUT2D eigenvalue weighted by molar-refractivity contribution is 5.75. The van der Waals surface area contributed by atoms with E-state index in [-0.39, 0.29) is 18.2 Å². The Morgan fingerprint density at radius 1 is 1.04 bits per heavy atom. The number of carbonyl (C=O) groups excluding carboxylic acids is 2. The number of carbonyl (C=O) groups is 2. The van der Waals surface area contributed by atoms with Crippen molar-refractivity contribution in [3.63, 3.8) is 0 Å². The van der Waals surface area contributed by atoms with Crippen LogP contribution in [0.3, 0.4) is 0 Å². The summed E-state index contributed by atoms with van der Waals surface area (Å²) < 4.78 is 5.36. The number of urea groups is 1. The molecule has 1 unspecified atom stereocenters. The highest BCUT2D eigenvalue weighted by Crippen LogP contribution is 2.14.